The number of hydrogen-bond donors (Lipinski definition) is 2. The molecule has 2 heterocycles. The fourth-order valence-corrected chi connectivity index (χ4v) is 3.70. The van der Waals surface area contributed by atoms with Crippen molar-refractivity contribution in [3.63, 3.8) is 0 Å². The van der Waals surface area contributed by atoms with Crippen molar-refractivity contribution < 1.29 is 4.79 Å². The Labute approximate surface area is 146 Å². The fourth-order valence-electron chi connectivity index (χ4n) is 2.83. The zero-order chi connectivity index (χ0) is 16.9. The van der Waals surface area contributed by atoms with E-state index in [-0.39, 0.29) is 5.91 Å². The van der Waals surface area contributed by atoms with E-state index in [1.807, 2.05) is 24.3 Å². The van der Waals surface area contributed by atoms with E-state index in [0.29, 0.717) is 5.13 Å². The number of benzene rings is 1. The zero-order valence-electron chi connectivity index (χ0n) is 13.8. The van der Waals surface area contributed by atoms with Crippen molar-refractivity contribution in [1.29, 1.82) is 0 Å². The maximum absolute atomic E-state index is 11.0. The van der Waals surface area contributed by atoms with Crippen LogP contribution < -0.4 is 11.1 Å². The van der Waals surface area contributed by atoms with Gasteiger partial charge in [0.15, 0.2) is 5.13 Å². The summed E-state index contributed by atoms with van der Waals surface area (Å²) in [5, 5.41) is 3.46. The Hall–Kier alpha value is -2.18. The SMILES string of the molecule is CC(=O)Nc1ccc(/C=C/CN2CCc3nc(N)sc3CC2)cc1. The molecule has 0 atom stereocenters. The lowest BCUT2D eigenvalue weighted by Gasteiger charge is -2.17. The van der Waals surface area contributed by atoms with E-state index in [1.54, 1.807) is 11.3 Å². The number of anilines is 2. The Morgan fingerprint density at radius 1 is 1.33 bits per heavy atom. The van der Waals surface area contributed by atoms with Crippen molar-refractivity contribution in [2.45, 2.75) is 19.8 Å². The lowest BCUT2D eigenvalue weighted by atomic mass is 10.2. The summed E-state index contributed by atoms with van der Waals surface area (Å²) < 4.78 is 0. The molecule has 1 amide bonds. The van der Waals surface area contributed by atoms with Crippen LogP contribution in [0.15, 0.2) is 30.3 Å². The second-order valence-electron chi connectivity index (χ2n) is 5.93. The molecule has 0 aliphatic carbocycles. The fraction of sp³-hybridized carbons (Fsp3) is 0.333. The smallest absolute Gasteiger partial charge is 0.221 e. The minimum atomic E-state index is -0.0517. The number of carbonyl (C=O) groups is 1. The second kappa shape index (κ2) is 7.59. The molecule has 2 aromatic rings. The monoisotopic (exact) mass is 342 g/mol. The van der Waals surface area contributed by atoms with Crippen LogP contribution >= 0.6 is 11.3 Å². The molecule has 0 radical (unpaired) electrons. The van der Waals surface area contributed by atoms with Crippen LogP contribution in [0.5, 0.6) is 0 Å². The Kier molecular flexibility index (Phi) is 5.27. The van der Waals surface area contributed by atoms with Crippen molar-refractivity contribution in [2.24, 2.45) is 0 Å². The molecule has 5 nitrogen and oxygen atoms in total. The van der Waals surface area contributed by atoms with Crippen LogP contribution in [-0.2, 0) is 17.6 Å². The number of nitrogen functional groups attached to an aromatic ring is 1. The number of hydrogen-bond acceptors (Lipinski definition) is 5. The summed E-state index contributed by atoms with van der Waals surface area (Å²) in [4.78, 5) is 19.2. The van der Waals surface area contributed by atoms with Crippen molar-refractivity contribution in [3.05, 3.63) is 46.5 Å². The van der Waals surface area contributed by atoms with Crippen LogP contribution in [0.4, 0.5) is 10.8 Å². The van der Waals surface area contributed by atoms with Crippen molar-refractivity contribution in [3.8, 4) is 0 Å². The van der Waals surface area contributed by atoms with Crippen LogP contribution in [0.2, 0.25) is 0 Å². The normalized spacial score (nSPS) is 15.2. The van der Waals surface area contributed by atoms with Gasteiger partial charge in [0.2, 0.25) is 5.91 Å². The summed E-state index contributed by atoms with van der Waals surface area (Å²) >= 11 is 1.62. The van der Waals surface area contributed by atoms with Gasteiger partial charge in [-0.3, -0.25) is 9.69 Å². The highest BCUT2D eigenvalue weighted by Crippen LogP contribution is 2.24. The molecule has 3 rings (SSSR count). The third-order valence-corrected chi connectivity index (χ3v) is 5.01. The number of nitrogens with zero attached hydrogens (tertiary/aromatic N) is 2. The Balaban J connectivity index is 1.51. The molecular weight excluding hydrogens is 320 g/mol. The van der Waals surface area contributed by atoms with Gasteiger partial charge in [0.25, 0.3) is 0 Å². The van der Waals surface area contributed by atoms with Crippen LogP contribution in [0.1, 0.15) is 23.1 Å². The summed E-state index contributed by atoms with van der Waals surface area (Å²) in [6.45, 7) is 4.50. The van der Waals surface area contributed by atoms with Crippen LogP contribution in [0.3, 0.4) is 0 Å². The largest absolute Gasteiger partial charge is 0.375 e. The quantitative estimate of drug-likeness (QED) is 0.896. The van der Waals surface area contributed by atoms with Gasteiger partial charge >= 0.3 is 0 Å². The first kappa shape index (κ1) is 16.7. The summed E-state index contributed by atoms with van der Waals surface area (Å²) in [5.41, 5.74) is 8.92. The highest BCUT2D eigenvalue weighted by atomic mass is 32.1. The van der Waals surface area contributed by atoms with Gasteiger partial charge < -0.3 is 11.1 Å². The van der Waals surface area contributed by atoms with Gasteiger partial charge in [-0.05, 0) is 24.1 Å². The number of aromatic nitrogens is 1. The summed E-state index contributed by atoms with van der Waals surface area (Å²) in [5.74, 6) is -0.0517. The number of thiazole rings is 1. The van der Waals surface area contributed by atoms with E-state index in [1.165, 1.54) is 17.5 Å². The van der Waals surface area contributed by atoms with E-state index in [2.05, 4.69) is 27.4 Å². The van der Waals surface area contributed by atoms with Crippen molar-refractivity contribution in [1.82, 2.24) is 9.88 Å². The first-order valence-electron chi connectivity index (χ1n) is 8.11. The van der Waals surface area contributed by atoms with Gasteiger partial charge in [-0.1, -0.05) is 24.3 Å². The summed E-state index contributed by atoms with van der Waals surface area (Å²) in [7, 11) is 0. The van der Waals surface area contributed by atoms with Crippen LogP contribution in [0.25, 0.3) is 6.08 Å². The van der Waals surface area contributed by atoms with Gasteiger partial charge in [-0.25, -0.2) is 4.98 Å². The van der Waals surface area contributed by atoms with E-state index >= 15 is 0 Å². The van der Waals surface area contributed by atoms with Gasteiger partial charge in [-0.2, -0.15) is 0 Å². The molecule has 126 valence electrons. The highest BCUT2D eigenvalue weighted by Gasteiger charge is 2.16. The molecule has 0 saturated heterocycles. The van der Waals surface area contributed by atoms with Gasteiger partial charge in [0, 0.05) is 43.5 Å². The lowest BCUT2D eigenvalue weighted by Crippen LogP contribution is -2.26. The number of nitrogens with one attached hydrogen (secondary N) is 1. The average molecular weight is 342 g/mol. The summed E-state index contributed by atoms with van der Waals surface area (Å²) in [6, 6.07) is 7.85. The molecule has 0 fully saturated rings. The Morgan fingerprint density at radius 2 is 2.08 bits per heavy atom. The third-order valence-electron chi connectivity index (χ3n) is 4.02. The maximum atomic E-state index is 11.0. The molecule has 0 unspecified atom stereocenters. The van der Waals surface area contributed by atoms with E-state index < -0.39 is 0 Å². The standard InChI is InChI=1S/C18H22N4OS/c1-13(23)20-15-6-4-14(5-7-15)3-2-10-22-11-8-16-17(9-12-22)24-18(19)21-16/h2-7H,8-12H2,1H3,(H2,19,21)(H,20,23)/b3-2+. The van der Waals surface area contributed by atoms with E-state index in [9.17, 15) is 4.79 Å². The molecule has 1 aliphatic rings. The van der Waals surface area contributed by atoms with Crippen molar-refractivity contribution >= 4 is 34.1 Å². The first-order chi connectivity index (χ1) is 11.6. The molecule has 1 aliphatic heterocycles. The number of carbonyl (C=O) groups excluding carboxylic acids is 1. The average Bonchev–Trinajstić information content (AvgIpc) is 2.80. The van der Waals surface area contributed by atoms with Crippen molar-refractivity contribution in [2.75, 3.05) is 30.7 Å². The van der Waals surface area contributed by atoms with Gasteiger partial charge in [-0.15, -0.1) is 11.3 Å². The third kappa shape index (κ3) is 4.43. The number of fused-ring (bicyclic) bond motifs is 1. The minimum absolute atomic E-state index is 0.0517. The highest BCUT2D eigenvalue weighted by molar-refractivity contribution is 7.15. The van der Waals surface area contributed by atoms with Crippen LogP contribution in [-0.4, -0.2) is 35.4 Å². The topological polar surface area (TPSA) is 71.2 Å². The molecule has 1 aromatic carbocycles. The predicted molar refractivity (Wildman–Crippen MR) is 100 cm³/mol. The summed E-state index contributed by atoms with van der Waals surface area (Å²) in [6.07, 6.45) is 6.31. The molecule has 0 spiro atoms. The molecule has 3 N–H and O–H groups in total. The van der Waals surface area contributed by atoms with Gasteiger partial charge in [0.1, 0.15) is 0 Å². The number of amides is 1. The van der Waals surface area contributed by atoms with E-state index in [0.717, 1.165) is 43.7 Å². The minimum Gasteiger partial charge on any atom is -0.375 e. The molecule has 1 aromatic heterocycles. The number of nitrogens with two attached hydrogens (primary N) is 1. The molecule has 0 saturated carbocycles. The Bertz CT molecular complexity index is 710. The number of rotatable bonds is 4. The molecular formula is C18H22N4OS. The van der Waals surface area contributed by atoms with Gasteiger partial charge in [0.05, 0.1) is 5.69 Å². The predicted octanol–water partition coefficient (Wildman–Crippen LogP) is 2.80. The zero-order valence-corrected chi connectivity index (χ0v) is 14.6. The molecule has 0 bridgehead atoms. The Morgan fingerprint density at radius 3 is 2.83 bits per heavy atom. The molecule has 6 heteroatoms. The molecule has 24 heavy (non-hydrogen) atoms. The lowest BCUT2D eigenvalue weighted by molar-refractivity contribution is -0.114. The second-order valence-corrected chi connectivity index (χ2v) is 7.04. The van der Waals surface area contributed by atoms with Crippen LogP contribution in [0, 0.1) is 0 Å². The maximum Gasteiger partial charge on any atom is 0.221 e. The first-order valence-corrected chi connectivity index (χ1v) is 8.92. The van der Waals surface area contributed by atoms with E-state index in [4.69, 9.17) is 5.73 Å².